The smallest absolute Gasteiger partial charge is 0.255 e. The number of hydrogen-bond acceptors (Lipinski definition) is 3. The zero-order valence-electron chi connectivity index (χ0n) is 14.7. The number of piperidine rings is 1. The fourth-order valence-electron chi connectivity index (χ4n) is 3.20. The summed E-state index contributed by atoms with van der Waals surface area (Å²) in [5, 5.41) is 2.89. The van der Waals surface area contributed by atoms with Crippen molar-refractivity contribution in [3.63, 3.8) is 0 Å². The van der Waals surface area contributed by atoms with Crippen LogP contribution in [-0.2, 0) is 0 Å². The highest BCUT2D eigenvalue weighted by molar-refractivity contribution is 6.04. The number of hydrogen-bond donors (Lipinski definition) is 1. The summed E-state index contributed by atoms with van der Waals surface area (Å²) in [6.07, 6.45) is 2.28. The summed E-state index contributed by atoms with van der Waals surface area (Å²) >= 11 is 0. The highest BCUT2D eigenvalue weighted by atomic mass is 19.1. The van der Waals surface area contributed by atoms with Crippen LogP contribution < -0.4 is 10.2 Å². The molecule has 0 atom stereocenters. The van der Waals surface area contributed by atoms with Crippen LogP contribution in [0.15, 0.2) is 48.5 Å². The molecule has 1 aliphatic rings. The van der Waals surface area contributed by atoms with E-state index >= 15 is 0 Å². The van der Waals surface area contributed by atoms with Crippen LogP contribution in [0.1, 0.15) is 23.2 Å². The van der Waals surface area contributed by atoms with Gasteiger partial charge in [0.15, 0.2) is 0 Å². The summed E-state index contributed by atoms with van der Waals surface area (Å²) in [5.41, 5.74) is 2.27. The molecule has 0 aromatic heterocycles. The van der Waals surface area contributed by atoms with Gasteiger partial charge in [-0.15, -0.1) is 0 Å². The molecule has 25 heavy (non-hydrogen) atoms. The van der Waals surface area contributed by atoms with Crippen LogP contribution >= 0.6 is 0 Å². The molecule has 5 heteroatoms. The van der Waals surface area contributed by atoms with E-state index in [1.165, 1.54) is 24.3 Å². The Morgan fingerprint density at radius 3 is 2.52 bits per heavy atom. The number of nitrogens with one attached hydrogen (secondary N) is 1. The molecule has 0 radical (unpaired) electrons. The Morgan fingerprint density at radius 1 is 1.16 bits per heavy atom. The van der Waals surface area contributed by atoms with Crippen molar-refractivity contribution in [3.05, 3.63) is 59.9 Å². The molecule has 1 amide bonds. The second-order valence-corrected chi connectivity index (χ2v) is 6.66. The number of halogens is 1. The first kappa shape index (κ1) is 17.4. The van der Waals surface area contributed by atoms with E-state index in [1.807, 2.05) is 18.2 Å². The average Bonchev–Trinajstić information content (AvgIpc) is 2.62. The maximum Gasteiger partial charge on any atom is 0.255 e. The topological polar surface area (TPSA) is 35.6 Å². The van der Waals surface area contributed by atoms with Crippen molar-refractivity contribution >= 4 is 17.3 Å². The molecule has 0 aliphatic carbocycles. The Labute approximate surface area is 148 Å². The van der Waals surface area contributed by atoms with E-state index in [0.717, 1.165) is 37.3 Å². The number of nitrogens with zero attached hydrogens (tertiary/aromatic N) is 2. The molecule has 132 valence electrons. The molecule has 2 aromatic carbocycles. The molecular weight excluding hydrogens is 317 g/mol. The van der Waals surface area contributed by atoms with Crippen molar-refractivity contribution in [3.8, 4) is 0 Å². The van der Waals surface area contributed by atoms with Gasteiger partial charge >= 0.3 is 0 Å². The predicted molar refractivity (Wildman–Crippen MR) is 99.7 cm³/mol. The zero-order valence-corrected chi connectivity index (χ0v) is 14.7. The lowest BCUT2D eigenvalue weighted by atomic mass is 10.0. The van der Waals surface area contributed by atoms with Gasteiger partial charge in [0.25, 0.3) is 5.91 Å². The number of likely N-dealkylation sites (tertiary alicyclic amines) is 1. The Bertz CT molecular complexity index is 724. The number of benzene rings is 2. The molecule has 0 spiro atoms. The summed E-state index contributed by atoms with van der Waals surface area (Å²) in [4.78, 5) is 16.9. The monoisotopic (exact) mass is 341 g/mol. The quantitative estimate of drug-likeness (QED) is 0.923. The maximum absolute atomic E-state index is 13.0. The van der Waals surface area contributed by atoms with E-state index in [4.69, 9.17) is 0 Å². The number of carbonyl (C=O) groups excluding carboxylic acids is 1. The summed E-state index contributed by atoms with van der Waals surface area (Å²) in [7, 11) is 4.26. The van der Waals surface area contributed by atoms with Crippen LogP contribution in [0.4, 0.5) is 15.8 Å². The minimum Gasteiger partial charge on any atom is -0.371 e. The lowest BCUT2D eigenvalue weighted by Crippen LogP contribution is -2.42. The standard InChI is InChI=1S/C20H24FN3O/c1-23-12-10-18(11-13-23)24(2)19-5-3-4-17(14-19)22-20(25)15-6-8-16(21)9-7-15/h3-9,14,18H,10-13H2,1-2H3,(H,22,25). The molecule has 2 aromatic rings. The van der Waals surface area contributed by atoms with E-state index in [-0.39, 0.29) is 11.7 Å². The summed E-state index contributed by atoms with van der Waals surface area (Å²) in [6.45, 7) is 2.21. The molecule has 1 aliphatic heterocycles. The zero-order chi connectivity index (χ0) is 17.8. The van der Waals surface area contributed by atoms with Gasteiger partial charge in [0, 0.05) is 30.0 Å². The third-order valence-corrected chi connectivity index (χ3v) is 4.85. The minimum atomic E-state index is -0.349. The van der Waals surface area contributed by atoms with Crippen LogP contribution in [0.25, 0.3) is 0 Å². The summed E-state index contributed by atoms with van der Waals surface area (Å²) in [5.74, 6) is -0.586. The Kier molecular flexibility index (Phi) is 5.34. The van der Waals surface area contributed by atoms with Gasteiger partial charge in [0.2, 0.25) is 0 Å². The van der Waals surface area contributed by atoms with Gasteiger partial charge in [-0.05, 0) is 75.4 Å². The van der Waals surface area contributed by atoms with E-state index in [9.17, 15) is 9.18 Å². The van der Waals surface area contributed by atoms with Gasteiger partial charge in [-0.2, -0.15) is 0 Å². The van der Waals surface area contributed by atoms with Crippen molar-refractivity contribution in [2.75, 3.05) is 37.4 Å². The molecule has 1 saturated heterocycles. The Balaban J connectivity index is 1.68. The van der Waals surface area contributed by atoms with Crippen molar-refractivity contribution in [1.82, 2.24) is 4.90 Å². The lowest BCUT2D eigenvalue weighted by molar-refractivity contribution is 0.102. The minimum absolute atomic E-state index is 0.237. The number of amides is 1. The van der Waals surface area contributed by atoms with Crippen molar-refractivity contribution in [2.24, 2.45) is 0 Å². The summed E-state index contributed by atoms with van der Waals surface area (Å²) < 4.78 is 13.0. The molecule has 0 bridgehead atoms. The first-order chi connectivity index (χ1) is 12.0. The van der Waals surface area contributed by atoms with Gasteiger partial charge in [0.05, 0.1) is 0 Å². The Hall–Kier alpha value is -2.40. The van der Waals surface area contributed by atoms with E-state index < -0.39 is 0 Å². The number of carbonyl (C=O) groups is 1. The van der Waals surface area contributed by atoms with Gasteiger partial charge in [0.1, 0.15) is 5.82 Å². The van der Waals surface area contributed by atoms with E-state index in [0.29, 0.717) is 11.6 Å². The van der Waals surface area contributed by atoms with E-state index in [2.05, 4.69) is 35.3 Å². The van der Waals surface area contributed by atoms with Crippen molar-refractivity contribution in [2.45, 2.75) is 18.9 Å². The number of anilines is 2. The molecule has 1 fully saturated rings. The van der Waals surface area contributed by atoms with Gasteiger partial charge < -0.3 is 15.1 Å². The maximum atomic E-state index is 13.0. The van der Waals surface area contributed by atoms with Gasteiger partial charge in [-0.3, -0.25) is 4.79 Å². The molecule has 0 unspecified atom stereocenters. The molecule has 4 nitrogen and oxygen atoms in total. The van der Waals surface area contributed by atoms with Crippen LogP contribution in [0.5, 0.6) is 0 Å². The predicted octanol–water partition coefficient (Wildman–Crippen LogP) is 3.61. The molecule has 0 saturated carbocycles. The highest BCUT2D eigenvalue weighted by Crippen LogP contribution is 2.24. The van der Waals surface area contributed by atoms with Crippen molar-refractivity contribution < 1.29 is 9.18 Å². The molecular formula is C20H24FN3O. The third-order valence-electron chi connectivity index (χ3n) is 4.85. The second kappa shape index (κ2) is 7.66. The SMILES string of the molecule is CN1CCC(N(C)c2cccc(NC(=O)c3ccc(F)cc3)c2)CC1. The molecule has 1 heterocycles. The molecule has 1 N–H and O–H groups in total. The number of rotatable bonds is 4. The normalized spacial score (nSPS) is 15.8. The highest BCUT2D eigenvalue weighted by Gasteiger charge is 2.21. The van der Waals surface area contributed by atoms with Crippen LogP contribution in [-0.4, -0.2) is 44.0 Å². The first-order valence-corrected chi connectivity index (χ1v) is 8.61. The Morgan fingerprint density at radius 2 is 1.84 bits per heavy atom. The molecule has 3 rings (SSSR count). The van der Waals surface area contributed by atoms with Crippen LogP contribution in [0.2, 0.25) is 0 Å². The average molecular weight is 341 g/mol. The van der Waals surface area contributed by atoms with Crippen LogP contribution in [0, 0.1) is 5.82 Å². The fraction of sp³-hybridized carbons (Fsp3) is 0.350. The first-order valence-electron chi connectivity index (χ1n) is 8.61. The third kappa shape index (κ3) is 4.37. The lowest BCUT2D eigenvalue weighted by Gasteiger charge is -2.36. The second-order valence-electron chi connectivity index (χ2n) is 6.66. The van der Waals surface area contributed by atoms with Crippen LogP contribution in [0.3, 0.4) is 0 Å². The summed E-state index contributed by atoms with van der Waals surface area (Å²) in [6, 6.07) is 13.9. The van der Waals surface area contributed by atoms with Gasteiger partial charge in [-0.1, -0.05) is 6.07 Å². The van der Waals surface area contributed by atoms with Gasteiger partial charge in [-0.25, -0.2) is 4.39 Å². The largest absolute Gasteiger partial charge is 0.371 e. The fourth-order valence-corrected chi connectivity index (χ4v) is 3.20. The van der Waals surface area contributed by atoms with E-state index in [1.54, 1.807) is 0 Å². The van der Waals surface area contributed by atoms with Crippen molar-refractivity contribution in [1.29, 1.82) is 0 Å².